The Balaban J connectivity index is 1.51. The van der Waals surface area contributed by atoms with Crippen molar-refractivity contribution in [1.82, 2.24) is 19.5 Å². The summed E-state index contributed by atoms with van der Waals surface area (Å²) >= 11 is 0. The number of benzene rings is 1. The zero-order chi connectivity index (χ0) is 24.3. The van der Waals surface area contributed by atoms with Crippen LogP contribution in [0, 0.1) is 0 Å². The van der Waals surface area contributed by atoms with Gasteiger partial charge in [0, 0.05) is 5.56 Å². The Morgan fingerprint density at radius 3 is 2.68 bits per heavy atom. The Hall–Kier alpha value is -2.24. The first kappa shape index (κ1) is 23.5. The van der Waals surface area contributed by atoms with Crippen LogP contribution in [0.1, 0.15) is 45.4 Å². The Morgan fingerprint density at radius 1 is 1.18 bits per heavy atom. The molecule has 1 aromatic carbocycles. The average Bonchev–Trinajstić information content (AvgIpc) is 3.42. The van der Waals surface area contributed by atoms with Gasteiger partial charge in [-0.25, -0.2) is 19.5 Å². The molecule has 182 valence electrons. The second-order valence-electron chi connectivity index (χ2n) is 9.24. The minimum absolute atomic E-state index is 0.351. The largest absolute Gasteiger partial charge is 0.469 e. The normalized spacial score (nSPS) is 26.4. The van der Waals surface area contributed by atoms with Crippen LogP contribution in [-0.4, -0.2) is 60.0 Å². The van der Waals surface area contributed by atoms with Crippen LogP contribution in [0.15, 0.2) is 36.9 Å². The van der Waals surface area contributed by atoms with Gasteiger partial charge in [-0.15, -0.1) is 0 Å². The predicted molar refractivity (Wildman–Crippen MR) is 121 cm³/mol. The number of ether oxygens (including phenoxy) is 3. The Morgan fingerprint density at radius 2 is 1.94 bits per heavy atom. The lowest BCUT2D eigenvalue weighted by Crippen LogP contribution is -2.32. The molecule has 2 aliphatic heterocycles. The predicted octanol–water partition coefficient (Wildman–Crippen LogP) is 3.14. The molecule has 0 bridgehead atoms. The zero-order valence-corrected chi connectivity index (χ0v) is 20.1. The van der Waals surface area contributed by atoms with Gasteiger partial charge in [0.1, 0.15) is 35.8 Å². The fraction of sp³-hybridized carbons (Fsp3) is 0.500. The smallest absolute Gasteiger partial charge is 0.347 e. The molecule has 34 heavy (non-hydrogen) atoms. The van der Waals surface area contributed by atoms with Crippen LogP contribution in [0.5, 0.6) is 0 Å². The number of hydrogen-bond acceptors (Lipinski definition) is 8. The molecule has 11 nitrogen and oxygen atoms in total. The molecular weight excluding hydrogens is 463 g/mol. The highest BCUT2D eigenvalue weighted by atomic mass is 31.2. The van der Waals surface area contributed by atoms with E-state index in [-0.39, 0.29) is 6.61 Å². The van der Waals surface area contributed by atoms with Crippen molar-refractivity contribution < 1.29 is 33.1 Å². The summed E-state index contributed by atoms with van der Waals surface area (Å²) in [6.07, 6.45) is 0.498. The lowest BCUT2D eigenvalue weighted by atomic mass is 9.99. The van der Waals surface area contributed by atoms with Gasteiger partial charge < -0.3 is 24.0 Å². The molecular formula is C22H27N4O7P. The molecule has 0 spiro atoms. The third kappa shape index (κ3) is 4.40. The maximum Gasteiger partial charge on any atom is 0.469 e. The maximum atomic E-state index is 11.2. The number of rotatable bonds is 6. The molecule has 12 heteroatoms. The van der Waals surface area contributed by atoms with Gasteiger partial charge in [-0.05, 0) is 31.4 Å². The molecule has 2 fully saturated rings. The van der Waals surface area contributed by atoms with Crippen molar-refractivity contribution in [3.8, 4) is 11.3 Å². The first-order chi connectivity index (χ1) is 16.0. The molecule has 0 saturated carbocycles. The molecule has 0 amide bonds. The quantitative estimate of drug-likeness (QED) is 0.496. The van der Waals surface area contributed by atoms with Crippen LogP contribution in [0.3, 0.4) is 0 Å². The van der Waals surface area contributed by atoms with E-state index in [1.165, 1.54) is 11.9 Å². The highest BCUT2D eigenvalue weighted by molar-refractivity contribution is 7.46. The van der Waals surface area contributed by atoms with E-state index in [0.29, 0.717) is 22.8 Å². The second kappa shape index (κ2) is 8.46. The highest BCUT2D eigenvalue weighted by Crippen LogP contribution is 2.45. The van der Waals surface area contributed by atoms with Crippen LogP contribution in [0.2, 0.25) is 0 Å². The van der Waals surface area contributed by atoms with Gasteiger partial charge in [-0.3, -0.25) is 9.09 Å². The van der Waals surface area contributed by atoms with Crippen molar-refractivity contribution in [3.05, 3.63) is 42.5 Å². The molecule has 2 aliphatic rings. The summed E-state index contributed by atoms with van der Waals surface area (Å²) in [5.74, 6) is -0.528. The maximum absolute atomic E-state index is 11.2. The van der Waals surface area contributed by atoms with Gasteiger partial charge in [0.15, 0.2) is 17.7 Å². The summed E-state index contributed by atoms with van der Waals surface area (Å²) in [5, 5.41) is 0. The van der Waals surface area contributed by atoms with Crippen LogP contribution >= 0.6 is 7.82 Å². The van der Waals surface area contributed by atoms with Gasteiger partial charge in [-0.1, -0.05) is 32.0 Å². The van der Waals surface area contributed by atoms with Crippen molar-refractivity contribution in [2.75, 3.05) is 6.61 Å². The number of fused-ring (bicyclic) bond motifs is 2. The molecule has 0 aliphatic carbocycles. The van der Waals surface area contributed by atoms with E-state index in [1.807, 2.05) is 12.1 Å². The van der Waals surface area contributed by atoms with Crippen molar-refractivity contribution in [3.63, 3.8) is 0 Å². The van der Waals surface area contributed by atoms with E-state index >= 15 is 0 Å². The van der Waals surface area contributed by atoms with Gasteiger partial charge in [-0.2, -0.15) is 0 Å². The van der Waals surface area contributed by atoms with Crippen molar-refractivity contribution in [2.24, 2.45) is 0 Å². The van der Waals surface area contributed by atoms with Crippen molar-refractivity contribution >= 4 is 19.0 Å². The van der Waals surface area contributed by atoms with Gasteiger partial charge >= 0.3 is 7.82 Å². The molecule has 0 unspecified atom stereocenters. The number of imidazole rings is 1. The van der Waals surface area contributed by atoms with E-state index in [4.69, 9.17) is 28.5 Å². The molecule has 4 heterocycles. The summed E-state index contributed by atoms with van der Waals surface area (Å²) in [6, 6.07) is 8.16. The van der Waals surface area contributed by atoms with E-state index in [9.17, 15) is 4.57 Å². The third-order valence-corrected chi connectivity index (χ3v) is 6.48. The van der Waals surface area contributed by atoms with E-state index in [2.05, 4.69) is 40.9 Å². The number of phosphoric ester groups is 1. The number of nitrogens with zero attached hydrogens (tertiary/aromatic N) is 4. The van der Waals surface area contributed by atoms with E-state index in [1.54, 1.807) is 24.7 Å². The lowest BCUT2D eigenvalue weighted by molar-refractivity contribution is -0.199. The van der Waals surface area contributed by atoms with Crippen LogP contribution < -0.4 is 0 Å². The number of hydrogen-bond donors (Lipinski definition) is 2. The summed E-state index contributed by atoms with van der Waals surface area (Å²) in [6.45, 7) is 7.47. The SMILES string of the molecule is CC(C)c1cccc(-c2ncnc3c2ncn3[C@@H]2O[C@H](COP(=O)(O)O)[C@H]3OC(C)(C)O[C@H]32)c1. The summed E-state index contributed by atoms with van der Waals surface area (Å²) < 4.78 is 35.9. The summed E-state index contributed by atoms with van der Waals surface area (Å²) in [5.41, 5.74) is 3.98. The minimum Gasteiger partial charge on any atom is -0.347 e. The Labute approximate surface area is 196 Å². The molecule has 4 atom stereocenters. The van der Waals surface area contributed by atoms with Crippen LogP contribution in [0.4, 0.5) is 0 Å². The first-order valence-electron chi connectivity index (χ1n) is 11.0. The second-order valence-corrected chi connectivity index (χ2v) is 10.5. The van der Waals surface area contributed by atoms with E-state index in [0.717, 1.165) is 5.56 Å². The minimum atomic E-state index is -4.67. The molecule has 2 aromatic heterocycles. The fourth-order valence-electron chi connectivity index (χ4n) is 4.48. The highest BCUT2D eigenvalue weighted by Gasteiger charge is 2.56. The number of phosphoric acid groups is 1. The summed E-state index contributed by atoms with van der Waals surface area (Å²) in [4.78, 5) is 31.8. The van der Waals surface area contributed by atoms with Crippen molar-refractivity contribution in [1.29, 1.82) is 0 Å². The average molecular weight is 490 g/mol. The molecule has 0 radical (unpaired) electrons. The van der Waals surface area contributed by atoms with Crippen LogP contribution in [-0.2, 0) is 23.3 Å². The molecule has 5 rings (SSSR count). The number of aromatic nitrogens is 4. The van der Waals surface area contributed by atoms with Gasteiger partial charge in [0.25, 0.3) is 0 Å². The Bertz CT molecular complexity index is 1260. The van der Waals surface area contributed by atoms with E-state index < -0.39 is 38.1 Å². The fourth-order valence-corrected chi connectivity index (χ4v) is 4.82. The van der Waals surface area contributed by atoms with Crippen LogP contribution in [0.25, 0.3) is 22.4 Å². The Kier molecular flexibility index (Phi) is 5.84. The monoisotopic (exact) mass is 490 g/mol. The topological polar surface area (TPSA) is 138 Å². The van der Waals surface area contributed by atoms with Crippen molar-refractivity contribution in [2.45, 2.75) is 63.9 Å². The molecule has 2 N–H and O–H groups in total. The lowest BCUT2D eigenvalue weighted by Gasteiger charge is -2.24. The zero-order valence-electron chi connectivity index (χ0n) is 19.2. The van der Waals surface area contributed by atoms with Gasteiger partial charge in [0.05, 0.1) is 12.9 Å². The van der Waals surface area contributed by atoms with Gasteiger partial charge in [0.2, 0.25) is 0 Å². The molecule has 2 saturated heterocycles. The molecule has 3 aromatic rings. The standard InChI is InChI=1S/C22H27N4O7P/c1-12(2)13-6-5-7-14(8-13)16-17-20(24-10-23-16)26(11-25-17)21-19-18(32-22(3,4)33-19)15(31-21)9-30-34(27,28)29/h5-8,10-12,15,18-19,21H,9H2,1-4H3,(H2,27,28,29)/t15-,18-,19-,21-/m1/s1. The first-order valence-corrected chi connectivity index (χ1v) is 12.5. The summed E-state index contributed by atoms with van der Waals surface area (Å²) in [7, 11) is -4.67. The third-order valence-electron chi connectivity index (χ3n) is 5.99.